The van der Waals surface area contributed by atoms with E-state index in [2.05, 4.69) is 45.9 Å². The fraction of sp³-hybridized carbons (Fsp3) is 0.435. The van der Waals surface area contributed by atoms with Crippen molar-refractivity contribution in [2.45, 2.75) is 51.5 Å². The van der Waals surface area contributed by atoms with Crippen molar-refractivity contribution in [3.8, 4) is 11.1 Å². The van der Waals surface area contributed by atoms with Gasteiger partial charge in [0.25, 0.3) is 0 Å². The third-order valence-corrected chi connectivity index (χ3v) is 5.89. The van der Waals surface area contributed by atoms with Crippen molar-refractivity contribution in [3.63, 3.8) is 0 Å². The molecule has 0 saturated carbocycles. The monoisotopic (exact) mass is 404 g/mol. The summed E-state index contributed by atoms with van der Waals surface area (Å²) in [6.07, 6.45) is 12.5. The lowest BCUT2D eigenvalue weighted by atomic mass is 9.92. The number of amides is 1. The summed E-state index contributed by atoms with van der Waals surface area (Å²) in [6.45, 7) is 7.69. The maximum absolute atomic E-state index is 13.1. The van der Waals surface area contributed by atoms with Crippen LogP contribution in [0.1, 0.15) is 63.0 Å². The lowest BCUT2D eigenvalue weighted by molar-refractivity contribution is -0.135. The SMILES string of the molecule is CC(C)c1nccn1C(C)C(=O)N1CCC(c2ccc(-c3cncnc3)cn2)CC1. The van der Waals surface area contributed by atoms with E-state index >= 15 is 0 Å². The number of nitrogens with zero attached hydrogens (tertiary/aromatic N) is 6. The quantitative estimate of drug-likeness (QED) is 0.646. The Morgan fingerprint density at radius 1 is 1.00 bits per heavy atom. The zero-order valence-corrected chi connectivity index (χ0v) is 17.8. The second-order valence-corrected chi connectivity index (χ2v) is 8.22. The summed E-state index contributed by atoms with van der Waals surface area (Å²) < 4.78 is 2.01. The molecule has 1 aliphatic heterocycles. The van der Waals surface area contributed by atoms with Gasteiger partial charge in [-0.25, -0.2) is 15.0 Å². The minimum atomic E-state index is -0.230. The average molecular weight is 405 g/mol. The topological polar surface area (TPSA) is 76.8 Å². The molecule has 1 aliphatic rings. The molecule has 0 N–H and O–H groups in total. The lowest BCUT2D eigenvalue weighted by Crippen LogP contribution is -2.41. The number of likely N-dealkylation sites (tertiary alicyclic amines) is 1. The Balaban J connectivity index is 1.37. The zero-order chi connectivity index (χ0) is 21.1. The van der Waals surface area contributed by atoms with Crippen LogP contribution in [0, 0.1) is 0 Å². The Labute approximate surface area is 177 Å². The number of imidazole rings is 1. The van der Waals surface area contributed by atoms with Gasteiger partial charge < -0.3 is 9.47 Å². The molecule has 3 aromatic heterocycles. The molecule has 30 heavy (non-hydrogen) atoms. The summed E-state index contributed by atoms with van der Waals surface area (Å²) >= 11 is 0. The Hall–Kier alpha value is -3.09. The minimum absolute atomic E-state index is 0.167. The Morgan fingerprint density at radius 2 is 1.73 bits per heavy atom. The van der Waals surface area contributed by atoms with Crippen molar-refractivity contribution in [2.24, 2.45) is 0 Å². The fourth-order valence-corrected chi connectivity index (χ4v) is 4.14. The molecule has 156 valence electrons. The van der Waals surface area contributed by atoms with E-state index in [0.29, 0.717) is 5.92 Å². The molecule has 1 fully saturated rings. The normalized spacial score (nSPS) is 16.1. The summed E-state index contributed by atoms with van der Waals surface area (Å²) in [4.78, 5) is 32.3. The molecule has 1 saturated heterocycles. The first kappa shape index (κ1) is 20.2. The Bertz CT molecular complexity index is 974. The van der Waals surface area contributed by atoms with Crippen LogP contribution in [-0.4, -0.2) is 48.4 Å². The molecule has 0 spiro atoms. The molecule has 1 amide bonds. The van der Waals surface area contributed by atoms with Gasteiger partial charge in [0.2, 0.25) is 5.91 Å². The molecule has 7 nitrogen and oxygen atoms in total. The highest BCUT2D eigenvalue weighted by atomic mass is 16.2. The highest BCUT2D eigenvalue weighted by Gasteiger charge is 2.29. The van der Waals surface area contributed by atoms with E-state index in [0.717, 1.165) is 48.6 Å². The highest BCUT2D eigenvalue weighted by Crippen LogP contribution is 2.29. The second-order valence-electron chi connectivity index (χ2n) is 8.22. The molecular formula is C23H28N6O. The van der Waals surface area contributed by atoms with Crippen LogP contribution >= 0.6 is 0 Å². The molecule has 7 heteroatoms. The van der Waals surface area contributed by atoms with Gasteiger partial charge in [0.05, 0.1) is 0 Å². The van der Waals surface area contributed by atoms with E-state index in [9.17, 15) is 4.79 Å². The van der Waals surface area contributed by atoms with Gasteiger partial charge >= 0.3 is 0 Å². The highest BCUT2D eigenvalue weighted by molar-refractivity contribution is 5.80. The predicted molar refractivity (Wildman–Crippen MR) is 115 cm³/mol. The van der Waals surface area contributed by atoms with Crippen LogP contribution in [0.4, 0.5) is 0 Å². The van der Waals surface area contributed by atoms with E-state index in [1.54, 1.807) is 18.6 Å². The molecule has 1 atom stereocenters. The third kappa shape index (κ3) is 4.10. The van der Waals surface area contributed by atoms with Crippen molar-refractivity contribution in [3.05, 3.63) is 61.0 Å². The van der Waals surface area contributed by atoms with Crippen LogP contribution in [0.25, 0.3) is 11.1 Å². The van der Waals surface area contributed by atoms with E-state index < -0.39 is 0 Å². The number of hydrogen-bond donors (Lipinski definition) is 0. The van der Waals surface area contributed by atoms with E-state index in [-0.39, 0.29) is 17.9 Å². The standard InChI is InChI=1S/C23H28N6O/c1-16(2)22-26-8-11-29(22)17(3)23(30)28-9-6-18(7-10-28)21-5-4-19(14-27-21)20-12-24-15-25-13-20/h4-5,8,11-18H,6-7,9-10H2,1-3H3. The molecular weight excluding hydrogens is 376 g/mol. The van der Waals surface area contributed by atoms with Crippen LogP contribution in [0.15, 0.2) is 49.4 Å². The summed E-state index contributed by atoms with van der Waals surface area (Å²) in [5.41, 5.74) is 3.07. The zero-order valence-electron chi connectivity index (χ0n) is 17.8. The van der Waals surface area contributed by atoms with Crippen LogP contribution in [0.3, 0.4) is 0 Å². The Morgan fingerprint density at radius 3 is 2.37 bits per heavy atom. The predicted octanol–water partition coefficient (Wildman–Crippen LogP) is 3.83. The Kier molecular flexibility index (Phi) is 5.88. The average Bonchev–Trinajstić information content (AvgIpc) is 3.29. The number of hydrogen-bond acceptors (Lipinski definition) is 5. The summed E-state index contributed by atoms with van der Waals surface area (Å²) in [5, 5.41) is 0. The van der Waals surface area contributed by atoms with E-state index in [1.807, 2.05) is 28.8 Å². The second kappa shape index (κ2) is 8.73. The fourth-order valence-electron chi connectivity index (χ4n) is 4.14. The first-order valence-corrected chi connectivity index (χ1v) is 10.6. The summed E-state index contributed by atoms with van der Waals surface area (Å²) in [6, 6.07) is 3.94. The number of piperidine rings is 1. The van der Waals surface area contributed by atoms with Gasteiger partial charge in [0, 0.05) is 72.7 Å². The lowest BCUT2D eigenvalue weighted by Gasteiger charge is -2.34. The first-order chi connectivity index (χ1) is 14.5. The van der Waals surface area contributed by atoms with Gasteiger partial charge in [-0.1, -0.05) is 19.9 Å². The van der Waals surface area contributed by atoms with Crippen molar-refractivity contribution < 1.29 is 4.79 Å². The number of carbonyl (C=O) groups excluding carboxylic acids is 1. The van der Waals surface area contributed by atoms with Gasteiger partial charge in [0.1, 0.15) is 18.2 Å². The van der Waals surface area contributed by atoms with Gasteiger partial charge in [-0.3, -0.25) is 9.78 Å². The van der Waals surface area contributed by atoms with Crippen molar-refractivity contribution in [2.75, 3.05) is 13.1 Å². The van der Waals surface area contributed by atoms with Crippen LogP contribution in [0.2, 0.25) is 0 Å². The van der Waals surface area contributed by atoms with Crippen LogP contribution in [-0.2, 0) is 4.79 Å². The first-order valence-electron chi connectivity index (χ1n) is 10.6. The number of pyridine rings is 1. The summed E-state index contributed by atoms with van der Waals surface area (Å²) in [5.74, 6) is 1.79. The molecule has 0 radical (unpaired) electrons. The minimum Gasteiger partial charge on any atom is -0.341 e. The molecule has 4 heterocycles. The molecule has 0 bridgehead atoms. The van der Waals surface area contributed by atoms with E-state index in [1.165, 1.54) is 6.33 Å². The maximum Gasteiger partial charge on any atom is 0.245 e. The van der Waals surface area contributed by atoms with Crippen LogP contribution < -0.4 is 0 Å². The maximum atomic E-state index is 13.1. The smallest absolute Gasteiger partial charge is 0.245 e. The van der Waals surface area contributed by atoms with Crippen molar-refractivity contribution in [1.29, 1.82) is 0 Å². The number of aromatic nitrogens is 5. The summed E-state index contributed by atoms with van der Waals surface area (Å²) in [7, 11) is 0. The van der Waals surface area contributed by atoms with Gasteiger partial charge in [-0.2, -0.15) is 0 Å². The molecule has 1 unspecified atom stereocenters. The number of carbonyl (C=O) groups is 1. The largest absolute Gasteiger partial charge is 0.341 e. The molecule has 0 aromatic carbocycles. The van der Waals surface area contributed by atoms with Crippen molar-refractivity contribution in [1.82, 2.24) is 29.4 Å². The third-order valence-electron chi connectivity index (χ3n) is 5.89. The van der Waals surface area contributed by atoms with Gasteiger partial charge in [-0.15, -0.1) is 0 Å². The number of rotatable bonds is 5. The molecule has 4 rings (SSSR count). The van der Waals surface area contributed by atoms with Crippen molar-refractivity contribution >= 4 is 5.91 Å². The van der Waals surface area contributed by atoms with Gasteiger partial charge in [0.15, 0.2) is 0 Å². The van der Waals surface area contributed by atoms with Gasteiger partial charge in [-0.05, 0) is 25.8 Å². The molecule has 3 aromatic rings. The van der Waals surface area contributed by atoms with E-state index in [4.69, 9.17) is 0 Å². The van der Waals surface area contributed by atoms with Crippen LogP contribution in [0.5, 0.6) is 0 Å². The molecule has 0 aliphatic carbocycles.